The maximum atomic E-state index is 5.84. The second-order valence-corrected chi connectivity index (χ2v) is 7.08. The van der Waals surface area contributed by atoms with E-state index in [0.29, 0.717) is 39.5 Å². The molecule has 1 aliphatic heterocycles. The van der Waals surface area contributed by atoms with E-state index in [-0.39, 0.29) is 13.4 Å². The summed E-state index contributed by atoms with van der Waals surface area (Å²) >= 11 is 1.42. The predicted molar refractivity (Wildman–Crippen MR) is 104 cm³/mol. The van der Waals surface area contributed by atoms with E-state index in [4.69, 9.17) is 23.7 Å². The van der Waals surface area contributed by atoms with E-state index in [1.54, 1.807) is 24.8 Å². The fraction of sp³-hybridized carbons (Fsp3) is 0.211. The lowest BCUT2D eigenvalue weighted by Crippen LogP contribution is -2.02. The van der Waals surface area contributed by atoms with Crippen molar-refractivity contribution < 1.29 is 23.7 Å². The summed E-state index contributed by atoms with van der Waals surface area (Å²) in [5.74, 6) is 4.00. The molecule has 2 aromatic heterocycles. The fourth-order valence-corrected chi connectivity index (χ4v) is 3.76. The highest BCUT2D eigenvalue weighted by Crippen LogP contribution is 2.35. The lowest BCUT2D eigenvalue weighted by atomic mass is 10.2. The van der Waals surface area contributed by atoms with E-state index in [1.807, 2.05) is 30.3 Å². The molecule has 1 aliphatic rings. The molecule has 9 nitrogen and oxygen atoms in total. The van der Waals surface area contributed by atoms with E-state index in [9.17, 15) is 0 Å². The van der Waals surface area contributed by atoms with Gasteiger partial charge in [-0.3, -0.25) is 0 Å². The molecule has 10 heteroatoms. The van der Waals surface area contributed by atoms with E-state index in [0.717, 1.165) is 10.6 Å². The van der Waals surface area contributed by atoms with Crippen LogP contribution in [0.5, 0.6) is 28.7 Å². The van der Waals surface area contributed by atoms with Gasteiger partial charge >= 0.3 is 0 Å². The molecule has 0 atom stereocenters. The molecule has 0 saturated heterocycles. The van der Waals surface area contributed by atoms with Crippen molar-refractivity contribution in [2.24, 2.45) is 0 Å². The Labute approximate surface area is 169 Å². The lowest BCUT2D eigenvalue weighted by molar-refractivity contribution is 0.173. The van der Waals surface area contributed by atoms with Crippen LogP contribution in [-0.2, 0) is 6.61 Å². The first kappa shape index (κ1) is 17.6. The van der Waals surface area contributed by atoms with Crippen LogP contribution in [0.1, 0.15) is 5.82 Å². The van der Waals surface area contributed by atoms with Crippen LogP contribution in [0.4, 0.5) is 0 Å². The van der Waals surface area contributed by atoms with E-state index < -0.39 is 0 Å². The minimum absolute atomic E-state index is 0.214. The van der Waals surface area contributed by atoms with Crippen molar-refractivity contribution in [2.75, 3.05) is 21.0 Å². The zero-order chi connectivity index (χ0) is 19.8. The van der Waals surface area contributed by atoms with Crippen LogP contribution in [0.25, 0.3) is 15.5 Å². The molecule has 0 N–H and O–H groups in total. The van der Waals surface area contributed by atoms with Crippen LogP contribution >= 0.6 is 11.3 Å². The summed E-state index contributed by atoms with van der Waals surface area (Å²) in [4.78, 5) is 0.672. The van der Waals surface area contributed by atoms with Crippen molar-refractivity contribution in [1.82, 2.24) is 19.8 Å². The number of nitrogens with zero attached hydrogens (tertiary/aromatic N) is 4. The van der Waals surface area contributed by atoms with Gasteiger partial charge in [-0.05, 0) is 24.3 Å². The zero-order valence-corrected chi connectivity index (χ0v) is 16.4. The van der Waals surface area contributed by atoms with Crippen molar-refractivity contribution >= 4 is 16.3 Å². The predicted octanol–water partition coefficient (Wildman–Crippen LogP) is 3.18. The molecular weight excluding hydrogens is 396 g/mol. The van der Waals surface area contributed by atoms with Gasteiger partial charge in [-0.15, -0.1) is 10.2 Å². The lowest BCUT2D eigenvalue weighted by Gasteiger charge is -2.06. The Morgan fingerprint density at radius 3 is 2.55 bits per heavy atom. The molecule has 29 heavy (non-hydrogen) atoms. The molecule has 4 aromatic rings. The van der Waals surface area contributed by atoms with E-state index in [1.165, 1.54) is 11.3 Å². The molecule has 3 heterocycles. The zero-order valence-electron chi connectivity index (χ0n) is 15.6. The Morgan fingerprint density at radius 2 is 1.76 bits per heavy atom. The van der Waals surface area contributed by atoms with Gasteiger partial charge in [0, 0.05) is 17.7 Å². The van der Waals surface area contributed by atoms with Crippen LogP contribution in [0.15, 0.2) is 36.4 Å². The van der Waals surface area contributed by atoms with Gasteiger partial charge in [0.25, 0.3) is 0 Å². The number of benzene rings is 2. The minimum Gasteiger partial charge on any atom is -0.497 e. The van der Waals surface area contributed by atoms with Gasteiger partial charge in [-0.25, -0.2) is 0 Å². The molecule has 5 rings (SSSR count). The second kappa shape index (κ2) is 7.13. The smallest absolute Gasteiger partial charge is 0.235 e. The summed E-state index contributed by atoms with van der Waals surface area (Å²) in [5.41, 5.74) is 0.874. The molecule has 0 saturated carbocycles. The third-order valence-corrected chi connectivity index (χ3v) is 5.31. The topological polar surface area (TPSA) is 89.2 Å². The maximum Gasteiger partial charge on any atom is 0.235 e. The SMILES string of the molecule is COc1cc(OC)cc(-c2nn3c(COc4ccc5c(c4)OCO5)nnc3s2)c1. The molecule has 0 unspecified atom stereocenters. The Kier molecular flexibility index (Phi) is 4.32. The van der Waals surface area contributed by atoms with Gasteiger partial charge in [0.1, 0.15) is 28.9 Å². The van der Waals surface area contributed by atoms with Crippen molar-refractivity contribution in [3.05, 3.63) is 42.2 Å². The number of hydrogen-bond donors (Lipinski definition) is 0. The number of fused-ring (bicyclic) bond motifs is 2. The monoisotopic (exact) mass is 412 g/mol. The van der Waals surface area contributed by atoms with E-state index >= 15 is 0 Å². The largest absolute Gasteiger partial charge is 0.497 e. The first-order valence-electron chi connectivity index (χ1n) is 8.70. The molecule has 0 bridgehead atoms. The fourth-order valence-electron chi connectivity index (χ4n) is 2.91. The Balaban J connectivity index is 1.40. The third kappa shape index (κ3) is 3.27. The highest BCUT2D eigenvalue weighted by Gasteiger charge is 2.17. The van der Waals surface area contributed by atoms with Crippen molar-refractivity contribution in [1.29, 1.82) is 0 Å². The standard InChI is InChI=1S/C19H16N4O5S/c1-24-13-5-11(6-14(7-13)25-2)18-22-23-17(20-21-19(23)29-18)9-26-12-3-4-15-16(8-12)28-10-27-15/h3-8H,9-10H2,1-2H3. The summed E-state index contributed by atoms with van der Waals surface area (Å²) in [6.45, 7) is 0.436. The van der Waals surface area contributed by atoms with Crippen molar-refractivity contribution in [3.8, 4) is 39.3 Å². The average molecular weight is 412 g/mol. The number of methoxy groups -OCH3 is 2. The number of ether oxygens (including phenoxy) is 5. The maximum absolute atomic E-state index is 5.84. The number of aromatic nitrogens is 4. The number of rotatable bonds is 6. The molecule has 0 spiro atoms. The molecule has 0 radical (unpaired) electrons. The van der Waals surface area contributed by atoms with Gasteiger partial charge in [-0.1, -0.05) is 11.3 Å². The first-order chi connectivity index (χ1) is 14.2. The molecule has 0 fully saturated rings. The average Bonchev–Trinajstić information content (AvgIpc) is 3.47. The quantitative estimate of drug-likeness (QED) is 0.477. The van der Waals surface area contributed by atoms with Gasteiger partial charge < -0.3 is 23.7 Å². The highest BCUT2D eigenvalue weighted by molar-refractivity contribution is 7.19. The molecule has 148 valence electrons. The summed E-state index contributed by atoms with van der Waals surface area (Å²) < 4.78 is 28.9. The van der Waals surface area contributed by atoms with Crippen molar-refractivity contribution in [3.63, 3.8) is 0 Å². The second-order valence-electron chi connectivity index (χ2n) is 6.12. The molecule has 0 amide bonds. The summed E-state index contributed by atoms with van der Waals surface area (Å²) in [5, 5.41) is 13.8. The van der Waals surface area contributed by atoms with Gasteiger partial charge in [0.15, 0.2) is 17.3 Å². The third-order valence-electron chi connectivity index (χ3n) is 4.37. The van der Waals surface area contributed by atoms with Crippen molar-refractivity contribution in [2.45, 2.75) is 6.61 Å². The highest BCUT2D eigenvalue weighted by atomic mass is 32.1. The first-order valence-corrected chi connectivity index (χ1v) is 9.52. The van der Waals surface area contributed by atoms with Crippen LogP contribution < -0.4 is 23.7 Å². The van der Waals surface area contributed by atoms with Gasteiger partial charge in [0.05, 0.1) is 14.2 Å². The summed E-state index contributed by atoms with van der Waals surface area (Å²) in [6, 6.07) is 11.0. The van der Waals surface area contributed by atoms with Crippen LogP contribution in [0.2, 0.25) is 0 Å². The van der Waals surface area contributed by atoms with Crippen LogP contribution in [0, 0.1) is 0 Å². The van der Waals surface area contributed by atoms with Crippen LogP contribution in [-0.4, -0.2) is 40.8 Å². The normalized spacial score (nSPS) is 12.3. The Bertz CT molecular complexity index is 1170. The molecule has 2 aromatic carbocycles. The Hall–Kier alpha value is -3.53. The molecular formula is C19H16N4O5S. The minimum atomic E-state index is 0.214. The van der Waals surface area contributed by atoms with Gasteiger partial charge in [0.2, 0.25) is 11.8 Å². The summed E-state index contributed by atoms with van der Waals surface area (Å²) in [6.07, 6.45) is 0. The summed E-state index contributed by atoms with van der Waals surface area (Å²) in [7, 11) is 3.23. The van der Waals surface area contributed by atoms with E-state index in [2.05, 4.69) is 15.3 Å². The van der Waals surface area contributed by atoms with Gasteiger partial charge in [-0.2, -0.15) is 9.61 Å². The van der Waals surface area contributed by atoms with Crippen LogP contribution in [0.3, 0.4) is 0 Å². The Morgan fingerprint density at radius 1 is 0.966 bits per heavy atom. The molecule has 0 aliphatic carbocycles. The number of hydrogen-bond acceptors (Lipinski definition) is 9.